The molecule has 0 bridgehead atoms. The summed E-state index contributed by atoms with van der Waals surface area (Å²) in [5, 5.41) is 18.1. The van der Waals surface area contributed by atoms with Crippen LogP contribution in [0.3, 0.4) is 0 Å². The van der Waals surface area contributed by atoms with Gasteiger partial charge in [-0.1, -0.05) is 24.3 Å². The molecule has 7 heteroatoms. The summed E-state index contributed by atoms with van der Waals surface area (Å²) in [6, 6.07) is 14.1. The molecule has 0 fully saturated rings. The topological polar surface area (TPSA) is 97.2 Å². The summed E-state index contributed by atoms with van der Waals surface area (Å²) in [5.74, 6) is -0.0972. The SMILES string of the molecule is CCNC(=O)c1ccc(CNc2cc(C)nc3c([N+](=O)[O-])cccc23)cc1. The monoisotopic (exact) mass is 364 g/mol. The van der Waals surface area contributed by atoms with E-state index >= 15 is 0 Å². The standard InChI is InChI=1S/C20H20N4O3/c1-3-21-20(25)15-9-7-14(8-10-15)12-22-17-11-13(2)23-19-16(17)5-4-6-18(19)24(26)27/h4-11H,3,12H2,1-2H3,(H,21,25)(H,22,23). The van der Waals surface area contributed by atoms with Crippen molar-refractivity contribution in [2.75, 3.05) is 11.9 Å². The minimum absolute atomic E-state index is 0.00876. The number of nitrogens with one attached hydrogen (secondary N) is 2. The van der Waals surface area contributed by atoms with Crippen molar-refractivity contribution in [3.8, 4) is 0 Å². The third kappa shape index (κ3) is 4.03. The van der Waals surface area contributed by atoms with Crippen LogP contribution in [0, 0.1) is 17.0 Å². The maximum atomic E-state index is 11.8. The lowest BCUT2D eigenvalue weighted by Crippen LogP contribution is -2.22. The van der Waals surface area contributed by atoms with Gasteiger partial charge in [-0.15, -0.1) is 0 Å². The highest BCUT2D eigenvalue weighted by Crippen LogP contribution is 2.30. The summed E-state index contributed by atoms with van der Waals surface area (Å²) in [6.45, 7) is 4.80. The van der Waals surface area contributed by atoms with E-state index in [1.807, 2.05) is 38.1 Å². The summed E-state index contributed by atoms with van der Waals surface area (Å²) in [4.78, 5) is 27.0. The quantitative estimate of drug-likeness (QED) is 0.512. The van der Waals surface area contributed by atoms with E-state index < -0.39 is 4.92 Å². The Bertz CT molecular complexity index is 1000. The van der Waals surface area contributed by atoms with Gasteiger partial charge in [0.05, 0.1) is 4.92 Å². The van der Waals surface area contributed by atoms with Crippen LogP contribution in [0.4, 0.5) is 11.4 Å². The van der Waals surface area contributed by atoms with Crippen molar-refractivity contribution >= 4 is 28.2 Å². The molecular formula is C20H20N4O3. The minimum atomic E-state index is -0.418. The molecule has 27 heavy (non-hydrogen) atoms. The number of rotatable bonds is 6. The van der Waals surface area contributed by atoms with E-state index in [4.69, 9.17) is 0 Å². The van der Waals surface area contributed by atoms with Crippen LogP contribution in [0.25, 0.3) is 10.9 Å². The zero-order valence-electron chi connectivity index (χ0n) is 15.2. The van der Waals surface area contributed by atoms with E-state index in [0.29, 0.717) is 35.2 Å². The molecule has 1 aromatic heterocycles. The first-order valence-electron chi connectivity index (χ1n) is 8.65. The number of nitrogens with zero attached hydrogens (tertiary/aromatic N) is 2. The maximum Gasteiger partial charge on any atom is 0.295 e. The molecule has 0 saturated heterocycles. The Morgan fingerprint density at radius 2 is 1.93 bits per heavy atom. The first kappa shape index (κ1) is 18.3. The third-order valence-corrected chi connectivity index (χ3v) is 4.18. The van der Waals surface area contributed by atoms with Gasteiger partial charge in [0, 0.05) is 41.5 Å². The number of pyridine rings is 1. The molecule has 0 radical (unpaired) electrons. The van der Waals surface area contributed by atoms with Gasteiger partial charge in [-0.25, -0.2) is 4.98 Å². The number of aromatic nitrogens is 1. The Morgan fingerprint density at radius 1 is 1.19 bits per heavy atom. The molecule has 0 aliphatic carbocycles. The van der Waals surface area contributed by atoms with E-state index in [9.17, 15) is 14.9 Å². The fraction of sp³-hybridized carbons (Fsp3) is 0.200. The summed E-state index contributed by atoms with van der Waals surface area (Å²) in [7, 11) is 0. The van der Waals surface area contributed by atoms with Crippen molar-refractivity contribution in [2.45, 2.75) is 20.4 Å². The Labute approximate surface area is 156 Å². The average molecular weight is 364 g/mol. The van der Waals surface area contributed by atoms with Crippen molar-refractivity contribution in [3.63, 3.8) is 0 Å². The van der Waals surface area contributed by atoms with Crippen molar-refractivity contribution in [3.05, 3.63) is 75.5 Å². The molecule has 2 aromatic carbocycles. The molecule has 0 aliphatic rings. The number of anilines is 1. The van der Waals surface area contributed by atoms with Crippen LogP contribution in [0.1, 0.15) is 28.5 Å². The predicted octanol–water partition coefficient (Wildman–Crippen LogP) is 3.81. The number of hydrogen-bond donors (Lipinski definition) is 2. The number of benzene rings is 2. The van der Waals surface area contributed by atoms with Crippen molar-refractivity contribution < 1.29 is 9.72 Å². The van der Waals surface area contributed by atoms with Gasteiger partial charge in [0.2, 0.25) is 0 Å². The Balaban J connectivity index is 1.84. The second-order valence-electron chi connectivity index (χ2n) is 6.15. The second-order valence-corrected chi connectivity index (χ2v) is 6.15. The number of carbonyl (C=O) groups excluding carboxylic acids is 1. The van der Waals surface area contributed by atoms with Gasteiger partial charge in [0.1, 0.15) is 0 Å². The number of aryl methyl sites for hydroxylation is 1. The van der Waals surface area contributed by atoms with Gasteiger partial charge < -0.3 is 10.6 Å². The van der Waals surface area contributed by atoms with Gasteiger partial charge in [0.25, 0.3) is 11.6 Å². The smallest absolute Gasteiger partial charge is 0.295 e. The first-order chi connectivity index (χ1) is 13.0. The number of para-hydroxylation sites is 1. The van der Waals surface area contributed by atoms with Gasteiger partial charge in [-0.3, -0.25) is 14.9 Å². The van der Waals surface area contributed by atoms with E-state index in [-0.39, 0.29) is 11.6 Å². The molecule has 0 spiro atoms. The number of fused-ring (bicyclic) bond motifs is 1. The highest BCUT2D eigenvalue weighted by Gasteiger charge is 2.15. The lowest BCUT2D eigenvalue weighted by Gasteiger charge is -2.11. The Hall–Kier alpha value is -3.48. The van der Waals surface area contributed by atoms with E-state index in [1.165, 1.54) is 6.07 Å². The fourth-order valence-corrected chi connectivity index (χ4v) is 2.89. The van der Waals surface area contributed by atoms with E-state index in [1.54, 1.807) is 18.2 Å². The molecular weight excluding hydrogens is 344 g/mol. The number of hydrogen-bond acceptors (Lipinski definition) is 5. The normalized spacial score (nSPS) is 10.6. The summed E-state index contributed by atoms with van der Waals surface area (Å²) in [6.07, 6.45) is 0. The number of carbonyl (C=O) groups is 1. The van der Waals surface area contributed by atoms with Gasteiger partial charge >= 0.3 is 0 Å². The van der Waals surface area contributed by atoms with Crippen LogP contribution < -0.4 is 10.6 Å². The average Bonchev–Trinajstić information content (AvgIpc) is 2.66. The Morgan fingerprint density at radius 3 is 2.59 bits per heavy atom. The summed E-state index contributed by atoms with van der Waals surface area (Å²) >= 11 is 0. The van der Waals surface area contributed by atoms with Crippen molar-refractivity contribution in [2.24, 2.45) is 0 Å². The van der Waals surface area contributed by atoms with Crippen LogP contribution in [0.15, 0.2) is 48.5 Å². The molecule has 3 rings (SSSR count). The molecule has 0 saturated carbocycles. The lowest BCUT2D eigenvalue weighted by atomic mass is 10.1. The summed E-state index contributed by atoms with van der Waals surface area (Å²) in [5.41, 5.74) is 3.46. The summed E-state index contributed by atoms with van der Waals surface area (Å²) < 4.78 is 0. The molecule has 3 aromatic rings. The van der Waals surface area contributed by atoms with Crippen LogP contribution in [-0.2, 0) is 6.54 Å². The van der Waals surface area contributed by atoms with Crippen LogP contribution in [-0.4, -0.2) is 22.4 Å². The van der Waals surface area contributed by atoms with Crippen molar-refractivity contribution in [1.29, 1.82) is 0 Å². The highest BCUT2D eigenvalue weighted by atomic mass is 16.6. The fourth-order valence-electron chi connectivity index (χ4n) is 2.89. The lowest BCUT2D eigenvalue weighted by molar-refractivity contribution is -0.383. The zero-order valence-corrected chi connectivity index (χ0v) is 15.2. The van der Waals surface area contributed by atoms with Crippen LogP contribution in [0.2, 0.25) is 0 Å². The minimum Gasteiger partial charge on any atom is -0.380 e. The highest BCUT2D eigenvalue weighted by molar-refractivity contribution is 5.96. The number of nitro benzene ring substituents is 1. The van der Waals surface area contributed by atoms with E-state index in [2.05, 4.69) is 15.6 Å². The van der Waals surface area contributed by atoms with Gasteiger partial charge in [0.15, 0.2) is 5.52 Å². The number of amides is 1. The predicted molar refractivity (Wildman–Crippen MR) is 105 cm³/mol. The molecule has 1 amide bonds. The van der Waals surface area contributed by atoms with Gasteiger partial charge in [-0.2, -0.15) is 0 Å². The van der Waals surface area contributed by atoms with Crippen LogP contribution in [0.5, 0.6) is 0 Å². The molecule has 2 N–H and O–H groups in total. The van der Waals surface area contributed by atoms with Gasteiger partial charge in [-0.05, 0) is 37.6 Å². The molecule has 7 nitrogen and oxygen atoms in total. The zero-order chi connectivity index (χ0) is 19.4. The number of non-ortho nitro benzene ring substituents is 1. The van der Waals surface area contributed by atoms with Crippen LogP contribution >= 0.6 is 0 Å². The molecule has 0 unspecified atom stereocenters. The first-order valence-corrected chi connectivity index (χ1v) is 8.65. The Kier molecular flexibility index (Phi) is 5.30. The molecule has 0 atom stereocenters. The van der Waals surface area contributed by atoms with Crippen molar-refractivity contribution in [1.82, 2.24) is 10.3 Å². The largest absolute Gasteiger partial charge is 0.380 e. The third-order valence-electron chi connectivity index (χ3n) is 4.18. The number of nitro groups is 1. The van der Waals surface area contributed by atoms with E-state index in [0.717, 1.165) is 11.3 Å². The molecule has 0 aliphatic heterocycles. The molecule has 1 heterocycles. The second kappa shape index (κ2) is 7.82. The maximum absolute atomic E-state index is 11.8. The molecule has 138 valence electrons.